The third-order valence-corrected chi connectivity index (χ3v) is 3.07. The van der Waals surface area contributed by atoms with Crippen LogP contribution in [0.5, 0.6) is 11.6 Å². The molecule has 0 radical (unpaired) electrons. The molecule has 1 N–H and O–H groups in total. The lowest BCUT2D eigenvalue weighted by molar-refractivity contribution is -0.145. The van der Waals surface area contributed by atoms with Crippen molar-refractivity contribution in [2.45, 2.75) is 13.1 Å². The fraction of sp³-hybridized carbons (Fsp3) is 0.231. The van der Waals surface area contributed by atoms with E-state index < -0.39 is 12.0 Å². The van der Waals surface area contributed by atoms with Gasteiger partial charge in [0.1, 0.15) is 11.6 Å². The Bertz CT molecular complexity index is 662. The Hall–Kier alpha value is -1.83. The van der Waals surface area contributed by atoms with Crippen LogP contribution >= 0.6 is 15.9 Å². The molecule has 0 aliphatic heterocycles. The molecule has 1 aromatic heterocycles. The lowest BCUT2D eigenvalue weighted by Gasteiger charge is -2.12. The third-order valence-electron chi connectivity index (χ3n) is 2.58. The lowest BCUT2D eigenvalue weighted by Crippen LogP contribution is -2.13. The van der Waals surface area contributed by atoms with E-state index in [1.165, 1.54) is 13.1 Å². The van der Waals surface area contributed by atoms with Crippen LogP contribution in [0.15, 0.2) is 28.7 Å². The zero-order valence-electron chi connectivity index (χ0n) is 11.1. The van der Waals surface area contributed by atoms with Crippen molar-refractivity contribution < 1.29 is 17.9 Å². The van der Waals surface area contributed by atoms with Crippen LogP contribution < -0.4 is 10.1 Å². The van der Waals surface area contributed by atoms with E-state index in [0.29, 0.717) is 5.75 Å². The SMILES string of the molecule is CNc1cc(Oc2cc(Br)ccc2C)nc(C(F)(F)F)n1. The van der Waals surface area contributed by atoms with Gasteiger partial charge in [-0.25, -0.2) is 4.98 Å². The van der Waals surface area contributed by atoms with Crippen molar-refractivity contribution in [3.63, 3.8) is 0 Å². The van der Waals surface area contributed by atoms with Gasteiger partial charge in [-0.15, -0.1) is 0 Å². The lowest BCUT2D eigenvalue weighted by atomic mass is 10.2. The summed E-state index contributed by atoms with van der Waals surface area (Å²) in [5.74, 6) is -0.988. The van der Waals surface area contributed by atoms with E-state index in [1.807, 2.05) is 6.07 Å². The summed E-state index contributed by atoms with van der Waals surface area (Å²) in [4.78, 5) is 6.77. The van der Waals surface area contributed by atoms with Crippen LogP contribution in [-0.2, 0) is 6.18 Å². The maximum Gasteiger partial charge on any atom is 0.451 e. The van der Waals surface area contributed by atoms with Gasteiger partial charge in [0, 0.05) is 17.6 Å². The van der Waals surface area contributed by atoms with Gasteiger partial charge in [0.15, 0.2) is 0 Å². The highest BCUT2D eigenvalue weighted by atomic mass is 79.9. The van der Waals surface area contributed by atoms with E-state index in [4.69, 9.17) is 4.74 Å². The molecule has 0 amide bonds. The van der Waals surface area contributed by atoms with Crippen LogP contribution in [0.3, 0.4) is 0 Å². The average Bonchev–Trinajstić information content (AvgIpc) is 2.41. The van der Waals surface area contributed by atoms with Crippen LogP contribution in [0.4, 0.5) is 19.0 Å². The molecule has 0 spiro atoms. The fourth-order valence-electron chi connectivity index (χ4n) is 1.53. The second kappa shape index (κ2) is 5.88. The molecule has 0 aliphatic rings. The van der Waals surface area contributed by atoms with Crippen molar-refractivity contribution >= 4 is 21.7 Å². The first-order valence-electron chi connectivity index (χ1n) is 5.87. The van der Waals surface area contributed by atoms with E-state index in [1.54, 1.807) is 19.1 Å². The van der Waals surface area contributed by atoms with Crippen LogP contribution in [0.2, 0.25) is 0 Å². The van der Waals surface area contributed by atoms with Crippen molar-refractivity contribution in [3.8, 4) is 11.6 Å². The average molecular weight is 362 g/mol. The molecule has 1 aromatic carbocycles. The summed E-state index contributed by atoms with van der Waals surface area (Å²) in [5.41, 5.74) is 0.774. The molecule has 4 nitrogen and oxygen atoms in total. The summed E-state index contributed by atoms with van der Waals surface area (Å²) in [6.07, 6.45) is -4.64. The van der Waals surface area contributed by atoms with E-state index in [2.05, 4.69) is 31.2 Å². The standard InChI is InChI=1S/C13H11BrF3N3O/c1-7-3-4-8(14)5-9(7)21-11-6-10(18-2)19-12(20-11)13(15,16)17/h3-6H,1-2H3,(H,18,19,20). The highest BCUT2D eigenvalue weighted by Crippen LogP contribution is 2.32. The van der Waals surface area contributed by atoms with Gasteiger partial charge in [-0.3, -0.25) is 0 Å². The minimum absolute atomic E-state index is 0.0278. The largest absolute Gasteiger partial charge is 0.451 e. The molecule has 0 atom stereocenters. The molecule has 0 unspecified atom stereocenters. The van der Waals surface area contributed by atoms with Crippen LogP contribution in [0.1, 0.15) is 11.4 Å². The molecule has 0 saturated carbocycles. The Morgan fingerprint density at radius 3 is 2.52 bits per heavy atom. The van der Waals surface area contributed by atoms with Gasteiger partial charge in [0.25, 0.3) is 0 Å². The van der Waals surface area contributed by atoms with Gasteiger partial charge >= 0.3 is 6.18 Å². The number of nitrogens with zero attached hydrogens (tertiary/aromatic N) is 2. The number of benzene rings is 1. The number of aromatic nitrogens is 2. The summed E-state index contributed by atoms with van der Waals surface area (Å²) < 4.78 is 44.5. The number of hydrogen-bond donors (Lipinski definition) is 1. The quantitative estimate of drug-likeness (QED) is 0.879. The first kappa shape index (κ1) is 15.6. The third kappa shape index (κ3) is 3.84. The summed E-state index contributed by atoms with van der Waals surface area (Å²) in [5, 5.41) is 2.55. The van der Waals surface area contributed by atoms with Gasteiger partial charge < -0.3 is 10.1 Å². The summed E-state index contributed by atoms with van der Waals surface area (Å²) >= 11 is 3.28. The van der Waals surface area contributed by atoms with Gasteiger partial charge in [-0.1, -0.05) is 22.0 Å². The van der Waals surface area contributed by atoms with E-state index >= 15 is 0 Å². The number of hydrogen-bond acceptors (Lipinski definition) is 4. The zero-order chi connectivity index (χ0) is 15.6. The fourth-order valence-corrected chi connectivity index (χ4v) is 1.87. The van der Waals surface area contributed by atoms with Crippen molar-refractivity contribution in [2.75, 3.05) is 12.4 Å². The van der Waals surface area contributed by atoms with Crippen molar-refractivity contribution in [1.82, 2.24) is 9.97 Å². The topological polar surface area (TPSA) is 47.0 Å². The molecule has 112 valence electrons. The molecule has 21 heavy (non-hydrogen) atoms. The highest BCUT2D eigenvalue weighted by molar-refractivity contribution is 9.10. The molecule has 2 aromatic rings. The number of aryl methyl sites for hydroxylation is 1. The van der Waals surface area contributed by atoms with Gasteiger partial charge in [0.05, 0.1) is 0 Å². The number of anilines is 1. The molecule has 0 bridgehead atoms. The molecule has 0 saturated heterocycles. The highest BCUT2D eigenvalue weighted by Gasteiger charge is 2.35. The van der Waals surface area contributed by atoms with E-state index in [0.717, 1.165) is 10.0 Å². The zero-order valence-corrected chi connectivity index (χ0v) is 12.7. The normalized spacial score (nSPS) is 11.3. The van der Waals surface area contributed by atoms with Crippen molar-refractivity contribution in [2.24, 2.45) is 0 Å². The molecule has 0 aliphatic carbocycles. The predicted octanol–water partition coefficient (Wildman–Crippen LogP) is 4.40. The first-order valence-corrected chi connectivity index (χ1v) is 6.67. The van der Waals surface area contributed by atoms with Gasteiger partial charge in [-0.05, 0) is 24.6 Å². The Morgan fingerprint density at radius 2 is 1.90 bits per heavy atom. The first-order chi connectivity index (χ1) is 9.79. The Labute approximate surface area is 127 Å². The van der Waals surface area contributed by atoms with E-state index in [9.17, 15) is 13.2 Å². The second-order valence-electron chi connectivity index (χ2n) is 4.17. The van der Waals surface area contributed by atoms with Gasteiger partial charge in [0.2, 0.25) is 11.7 Å². The Morgan fingerprint density at radius 1 is 1.19 bits per heavy atom. The maximum absolute atomic E-state index is 12.8. The summed E-state index contributed by atoms with van der Waals surface area (Å²) in [6, 6.07) is 6.55. The maximum atomic E-state index is 12.8. The summed E-state index contributed by atoms with van der Waals surface area (Å²) in [6.45, 7) is 1.78. The Kier molecular flexibility index (Phi) is 4.36. The second-order valence-corrected chi connectivity index (χ2v) is 5.09. The number of ether oxygens (including phenoxy) is 1. The van der Waals surface area contributed by atoms with Gasteiger partial charge in [-0.2, -0.15) is 18.2 Å². The Balaban J connectivity index is 2.42. The monoisotopic (exact) mass is 361 g/mol. The number of nitrogens with one attached hydrogen (secondary N) is 1. The number of rotatable bonds is 3. The van der Waals surface area contributed by atoms with Crippen LogP contribution in [0.25, 0.3) is 0 Å². The smallest absolute Gasteiger partial charge is 0.439 e. The minimum Gasteiger partial charge on any atom is -0.439 e. The minimum atomic E-state index is -4.64. The molecule has 0 fully saturated rings. The molecule has 1 heterocycles. The summed E-state index contributed by atoms with van der Waals surface area (Å²) in [7, 11) is 1.47. The molecule has 8 heteroatoms. The van der Waals surface area contributed by atoms with Crippen LogP contribution in [0, 0.1) is 6.92 Å². The molecular formula is C13H11BrF3N3O. The predicted molar refractivity (Wildman–Crippen MR) is 75.5 cm³/mol. The molecule has 2 rings (SSSR count). The van der Waals surface area contributed by atoms with E-state index in [-0.39, 0.29) is 11.7 Å². The van der Waals surface area contributed by atoms with Crippen molar-refractivity contribution in [3.05, 3.63) is 40.1 Å². The number of alkyl halides is 3. The molecular weight excluding hydrogens is 351 g/mol. The number of halogens is 4. The van der Waals surface area contributed by atoms with Crippen LogP contribution in [-0.4, -0.2) is 17.0 Å². The van der Waals surface area contributed by atoms with Crippen molar-refractivity contribution in [1.29, 1.82) is 0 Å².